The second kappa shape index (κ2) is 6.29. The minimum Gasteiger partial charge on any atom is -0.385 e. The zero-order valence-electron chi connectivity index (χ0n) is 11.9. The van der Waals surface area contributed by atoms with Gasteiger partial charge >= 0.3 is 0 Å². The highest BCUT2D eigenvalue weighted by Crippen LogP contribution is 2.27. The summed E-state index contributed by atoms with van der Waals surface area (Å²) in [6.07, 6.45) is 0.949. The average Bonchev–Trinajstić information content (AvgIpc) is 2.86. The molecule has 0 saturated heterocycles. The number of ether oxygens (including phenoxy) is 1. The van der Waals surface area contributed by atoms with Gasteiger partial charge in [-0.1, -0.05) is 41.9 Å². The Bertz CT molecular complexity index is 737. The fourth-order valence-corrected chi connectivity index (χ4v) is 2.67. The molecule has 0 bridgehead atoms. The predicted octanol–water partition coefficient (Wildman–Crippen LogP) is 4.39. The number of rotatable bonds is 5. The summed E-state index contributed by atoms with van der Waals surface area (Å²) >= 11 is 6.08. The van der Waals surface area contributed by atoms with Crippen LogP contribution in [-0.4, -0.2) is 23.3 Å². The van der Waals surface area contributed by atoms with Crippen LogP contribution in [0.1, 0.15) is 6.42 Å². The minimum atomic E-state index is 0.712. The van der Waals surface area contributed by atoms with E-state index in [2.05, 4.69) is 16.7 Å². The number of aromatic nitrogens is 2. The van der Waals surface area contributed by atoms with E-state index in [9.17, 15) is 0 Å². The Labute approximate surface area is 129 Å². The van der Waals surface area contributed by atoms with Crippen molar-refractivity contribution in [2.24, 2.45) is 0 Å². The average molecular weight is 301 g/mol. The van der Waals surface area contributed by atoms with Crippen LogP contribution in [0.3, 0.4) is 0 Å². The number of aryl methyl sites for hydroxylation is 1. The molecule has 0 aliphatic rings. The lowest BCUT2D eigenvalue weighted by Crippen LogP contribution is -2.03. The number of nitrogens with zero attached hydrogens (tertiary/aromatic N) is 2. The zero-order valence-corrected chi connectivity index (χ0v) is 12.7. The van der Waals surface area contributed by atoms with Gasteiger partial charge in [0.15, 0.2) is 0 Å². The second-order valence-electron chi connectivity index (χ2n) is 4.93. The molecule has 0 spiro atoms. The van der Waals surface area contributed by atoms with Crippen LogP contribution in [0.15, 0.2) is 48.5 Å². The van der Waals surface area contributed by atoms with Crippen LogP contribution in [0.25, 0.3) is 22.4 Å². The predicted molar refractivity (Wildman–Crippen MR) is 86.7 cm³/mol. The normalized spacial score (nSPS) is 11.1. The second-order valence-corrected chi connectivity index (χ2v) is 5.37. The van der Waals surface area contributed by atoms with E-state index in [4.69, 9.17) is 21.3 Å². The van der Waals surface area contributed by atoms with Crippen molar-refractivity contribution in [1.82, 2.24) is 9.55 Å². The summed E-state index contributed by atoms with van der Waals surface area (Å²) in [5.74, 6) is 0.976. The highest BCUT2D eigenvalue weighted by atomic mass is 35.5. The van der Waals surface area contributed by atoms with Gasteiger partial charge in [-0.2, -0.15) is 0 Å². The van der Waals surface area contributed by atoms with Gasteiger partial charge in [-0.3, -0.25) is 0 Å². The highest BCUT2D eigenvalue weighted by molar-refractivity contribution is 6.31. The number of halogens is 1. The molecule has 3 aromatic rings. The molecule has 0 amide bonds. The fraction of sp³-hybridized carbons (Fsp3) is 0.235. The maximum atomic E-state index is 6.08. The molecule has 1 heterocycles. The van der Waals surface area contributed by atoms with Crippen molar-refractivity contribution in [3.63, 3.8) is 0 Å². The van der Waals surface area contributed by atoms with Gasteiger partial charge in [-0.15, -0.1) is 0 Å². The lowest BCUT2D eigenvalue weighted by atomic mass is 10.2. The molecule has 0 aliphatic carbocycles. The zero-order chi connectivity index (χ0) is 14.7. The quantitative estimate of drug-likeness (QED) is 0.653. The summed E-state index contributed by atoms with van der Waals surface area (Å²) in [5, 5.41) is 0.712. The van der Waals surface area contributed by atoms with E-state index < -0.39 is 0 Å². The summed E-state index contributed by atoms with van der Waals surface area (Å²) in [6.45, 7) is 1.61. The van der Waals surface area contributed by atoms with Crippen molar-refractivity contribution >= 4 is 22.6 Å². The monoisotopic (exact) mass is 300 g/mol. The Morgan fingerprint density at radius 1 is 1.14 bits per heavy atom. The third-order valence-corrected chi connectivity index (χ3v) is 3.71. The van der Waals surface area contributed by atoms with Crippen molar-refractivity contribution in [1.29, 1.82) is 0 Å². The lowest BCUT2D eigenvalue weighted by Gasteiger charge is -2.09. The Kier molecular flexibility index (Phi) is 4.23. The van der Waals surface area contributed by atoms with Crippen LogP contribution in [-0.2, 0) is 11.3 Å². The van der Waals surface area contributed by atoms with Crippen LogP contribution in [0, 0.1) is 0 Å². The molecule has 0 saturated carbocycles. The summed E-state index contributed by atoms with van der Waals surface area (Å²) in [5.41, 5.74) is 3.15. The summed E-state index contributed by atoms with van der Waals surface area (Å²) in [6, 6.07) is 16.1. The molecule has 21 heavy (non-hydrogen) atoms. The van der Waals surface area contributed by atoms with E-state index in [1.54, 1.807) is 7.11 Å². The van der Waals surface area contributed by atoms with Crippen LogP contribution in [0.2, 0.25) is 5.02 Å². The van der Waals surface area contributed by atoms with Gasteiger partial charge in [-0.05, 0) is 24.6 Å². The smallest absolute Gasteiger partial charge is 0.141 e. The molecule has 0 unspecified atom stereocenters. The van der Waals surface area contributed by atoms with E-state index >= 15 is 0 Å². The number of hydrogen-bond acceptors (Lipinski definition) is 2. The van der Waals surface area contributed by atoms with Crippen molar-refractivity contribution in [3.8, 4) is 11.4 Å². The lowest BCUT2D eigenvalue weighted by molar-refractivity contribution is 0.191. The SMILES string of the molecule is COCCCn1c(-c2ccccc2)nc2cc(Cl)ccc21. The first-order valence-corrected chi connectivity index (χ1v) is 7.37. The molecule has 2 aromatic carbocycles. The van der Waals surface area contributed by atoms with E-state index in [1.165, 1.54) is 0 Å². The number of benzene rings is 2. The molecule has 0 atom stereocenters. The third-order valence-electron chi connectivity index (χ3n) is 3.47. The van der Waals surface area contributed by atoms with Crippen LogP contribution >= 0.6 is 11.6 Å². The molecule has 108 valence electrons. The van der Waals surface area contributed by atoms with E-state index in [0.717, 1.165) is 42.0 Å². The largest absolute Gasteiger partial charge is 0.385 e. The first-order chi connectivity index (χ1) is 10.3. The van der Waals surface area contributed by atoms with E-state index in [1.807, 2.05) is 36.4 Å². The topological polar surface area (TPSA) is 27.1 Å². The molecule has 0 radical (unpaired) electrons. The van der Waals surface area contributed by atoms with Gasteiger partial charge in [0.25, 0.3) is 0 Å². The number of imidazole rings is 1. The van der Waals surface area contributed by atoms with Gasteiger partial charge in [0.1, 0.15) is 5.82 Å². The van der Waals surface area contributed by atoms with E-state index in [-0.39, 0.29) is 0 Å². The Balaban J connectivity index is 2.10. The van der Waals surface area contributed by atoms with Gasteiger partial charge in [-0.25, -0.2) is 4.98 Å². The molecule has 3 nitrogen and oxygen atoms in total. The fourth-order valence-electron chi connectivity index (χ4n) is 2.50. The summed E-state index contributed by atoms with van der Waals surface area (Å²) < 4.78 is 7.40. The molecule has 4 heteroatoms. The molecular weight excluding hydrogens is 284 g/mol. The maximum absolute atomic E-state index is 6.08. The van der Waals surface area contributed by atoms with Crippen LogP contribution in [0.4, 0.5) is 0 Å². The molecule has 0 N–H and O–H groups in total. The Hall–Kier alpha value is -1.84. The van der Waals surface area contributed by atoms with Crippen LogP contribution < -0.4 is 0 Å². The summed E-state index contributed by atoms with van der Waals surface area (Å²) in [4.78, 5) is 4.76. The van der Waals surface area contributed by atoms with Gasteiger partial charge in [0, 0.05) is 30.8 Å². The molecular formula is C17H17ClN2O. The molecule has 1 aromatic heterocycles. The highest BCUT2D eigenvalue weighted by Gasteiger charge is 2.12. The molecule has 3 rings (SSSR count). The molecule has 0 fully saturated rings. The third kappa shape index (κ3) is 2.94. The van der Waals surface area contributed by atoms with Gasteiger partial charge in [0.05, 0.1) is 11.0 Å². The van der Waals surface area contributed by atoms with E-state index in [0.29, 0.717) is 5.02 Å². The Morgan fingerprint density at radius 3 is 2.71 bits per heavy atom. The van der Waals surface area contributed by atoms with Gasteiger partial charge < -0.3 is 9.30 Å². The van der Waals surface area contributed by atoms with Gasteiger partial charge in [0.2, 0.25) is 0 Å². The van der Waals surface area contributed by atoms with Crippen molar-refractivity contribution < 1.29 is 4.74 Å². The first kappa shape index (κ1) is 14.1. The number of hydrogen-bond donors (Lipinski definition) is 0. The summed E-state index contributed by atoms with van der Waals surface area (Å²) in [7, 11) is 1.73. The van der Waals surface area contributed by atoms with Crippen molar-refractivity contribution in [2.75, 3.05) is 13.7 Å². The van der Waals surface area contributed by atoms with Crippen molar-refractivity contribution in [3.05, 3.63) is 53.6 Å². The number of fused-ring (bicyclic) bond motifs is 1. The standard InChI is InChI=1S/C17H17ClN2O/c1-21-11-5-10-20-16-9-8-14(18)12-15(16)19-17(20)13-6-3-2-4-7-13/h2-4,6-9,12H,5,10-11H2,1H3. The maximum Gasteiger partial charge on any atom is 0.141 e. The van der Waals surface area contributed by atoms with Crippen LogP contribution in [0.5, 0.6) is 0 Å². The minimum absolute atomic E-state index is 0.712. The number of methoxy groups -OCH3 is 1. The van der Waals surface area contributed by atoms with Crippen molar-refractivity contribution in [2.45, 2.75) is 13.0 Å². The molecule has 0 aliphatic heterocycles. The first-order valence-electron chi connectivity index (χ1n) is 7.00. The Morgan fingerprint density at radius 2 is 1.95 bits per heavy atom.